The lowest BCUT2D eigenvalue weighted by atomic mass is 9.99. The first-order valence-corrected chi connectivity index (χ1v) is 27.3. The summed E-state index contributed by atoms with van der Waals surface area (Å²) in [5.41, 5.74) is 18.8. The van der Waals surface area contributed by atoms with Crippen molar-refractivity contribution in [2.75, 3.05) is 9.80 Å². The minimum absolute atomic E-state index is 0.902. The number of nitrogens with zero attached hydrogens (tertiary/aromatic N) is 5. The van der Waals surface area contributed by atoms with Crippen LogP contribution < -0.4 is 9.80 Å². The largest absolute Gasteiger partial charge is 0.311 e. The lowest BCUT2D eigenvalue weighted by Crippen LogP contribution is -2.09. The zero-order chi connectivity index (χ0) is 52.9. The van der Waals surface area contributed by atoms with Gasteiger partial charge in [-0.05, 0) is 166 Å². The summed E-state index contributed by atoms with van der Waals surface area (Å²) < 4.78 is 4.77. The van der Waals surface area contributed by atoms with Crippen molar-refractivity contribution >= 4 is 88.5 Å². The summed E-state index contributed by atoms with van der Waals surface area (Å²) in [5.74, 6) is 0.902. The van der Waals surface area contributed by atoms with E-state index >= 15 is 0 Å². The molecule has 2 aromatic heterocycles. The van der Waals surface area contributed by atoms with Gasteiger partial charge in [0.2, 0.25) is 0 Å². The van der Waals surface area contributed by atoms with Gasteiger partial charge in [0.15, 0.2) is 0 Å². The fourth-order valence-electron chi connectivity index (χ4n) is 12.0. The molecule has 0 amide bonds. The molecule has 0 atom stereocenters. The Morgan fingerprint density at radius 2 is 0.575 bits per heavy atom. The van der Waals surface area contributed by atoms with E-state index in [-0.39, 0.29) is 0 Å². The van der Waals surface area contributed by atoms with Gasteiger partial charge in [0.25, 0.3) is 0 Å². The van der Waals surface area contributed by atoms with E-state index in [1.165, 1.54) is 26.9 Å². The van der Waals surface area contributed by atoms with E-state index in [0.717, 1.165) is 107 Å². The average molecular weight is 1020 g/mol. The van der Waals surface area contributed by atoms with Gasteiger partial charge in [0.1, 0.15) is 5.82 Å². The molecular formula is C75H51N5. The third kappa shape index (κ3) is 8.07. The molecule has 0 radical (unpaired) electrons. The van der Waals surface area contributed by atoms with Crippen molar-refractivity contribution in [2.45, 2.75) is 0 Å². The van der Waals surface area contributed by atoms with Crippen molar-refractivity contribution in [3.63, 3.8) is 0 Å². The first-order valence-electron chi connectivity index (χ1n) is 27.3. The fraction of sp³-hybridized carbons (Fsp3) is 0. The molecule has 15 rings (SSSR count). The van der Waals surface area contributed by atoms with Gasteiger partial charge in [-0.3, -0.25) is 4.57 Å². The van der Waals surface area contributed by atoms with Crippen molar-refractivity contribution in [1.82, 2.24) is 14.1 Å². The Morgan fingerprint density at radius 1 is 0.237 bits per heavy atom. The Morgan fingerprint density at radius 3 is 1.02 bits per heavy atom. The van der Waals surface area contributed by atoms with Gasteiger partial charge in [-0.2, -0.15) is 0 Å². The Bertz CT molecular complexity index is 4450. The molecule has 0 N–H and O–H groups in total. The van der Waals surface area contributed by atoms with E-state index < -0.39 is 0 Å². The second kappa shape index (κ2) is 19.7. The Kier molecular flexibility index (Phi) is 11.4. The molecule has 2 heterocycles. The molecule has 0 fully saturated rings. The third-order valence-corrected chi connectivity index (χ3v) is 15.7. The highest BCUT2D eigenvalue weighted by atomic mass is 15.1. The summed E-state index contributed by atoms with van der Waals surface area (Å²) >= 11 is 0. The molecule has 0 aliphatic heterocycles. The molecule has 376 valence electrons. The summed E-state index contributed by atoms with van der Waals surface area (Å²) in [6.07, 6.45) is 0. The summed E-state index contributed by atoms with van der Waals surface area (Å²) in [5, 5.41) is 7.12. The molecule has 13 aromatic carbocycles. The van der Waals surface area contributed by atoms with Crippen LogP contribution in [0.2, 0.25) is 0 Å². The first kappa shape index (κ1) is 46.5. The van der Waals surface area contributed by atoms with Crippen molar-refractivity contribution < 1.29 is 0 Å². The number of anilines is 6. The zero-order valence-corrected chi connectivity index (χ0v) is 43.7. The Hall–Kier alpha value is -10.8. The topological polar surface area (TPSA) is 29.2 Å². The second-order valence-corrected chi connectivity index (χ2v) is 20.3. The van der Waals surface area contributed by atoms with Crippen molar-refractivity contribution in [3.05, 3.63) is 309 Å². The lowest BCUT2D eigenvalue weighted by molar-refractivity contribution is 1.10. The number of imidazole rings is 1. The van der Waals surface area contributed by atoms with E-state index in [1.54, 1.807) is 0 Å². The molecule has 0 saturated heterocycles. The van der Waals surface area contributed by atoms with E-state index in [1.807, 2.05) is 0 Å². The molecule has 0 aliphatic rings. The van der Waals surface area contributed by atoms with E-state index in [2.05, 4.69) is 328 Å². The fourth-order valence-corrected chi connectivity index (χ4v) is 12.0. The molecule has 0 spiro atoms. The van der Waals surface area contributed by atoms with Gasteiger partial charge >= 0.3 is 0 Å². The van der Waals surface area contributed by atoms with E-state index in [9.17, 15) is 0 Å². The van der Waals surface area contributed by atoms with Gasteiger partial charge in [0.05, 0.1) is 22.1 Å². The average Bonchev–Trinajstić information content (AvgIpc) is 4.32. The SMILES string of the molecule is c1ccc(N(c2ccccc2)c2ccc(-c3ccc4c(c3)c3cc(-c5ccc(N(c6ccccc6)c6ccccc6)cc5)ccc3n4-c3ccc(-c4nc5c6ccccc6c6ccccc6c5n4-c4ccccc4)cc3)cc2)cc1. The van der Waals surface area contributed by atoms with Gasteiger partial charge in [0, 0.05) is 72.6 Å². The van der Waals surface area contributed by atoms with Crippen LogP contribution in [0.1, 0.15) is 0 Å². The maximum Gasteiger partial charge on any atom is 0.145 e. The number of aromatic nitrogens is 3. The lowest BCUT2D eigenvalue weighted by Gasteiger charge is -2.25. The smallest absolute Gasteiger partial charge is 0.145 e. The highest BCUT2D eigenvalue weighted by Crippen LogP contribution is 2.43. The van der Waals surface area contributed by atoms with Gasteiger partial charge in [-0.15, -0.1) is 0 Å². The second-order valence-electron chi connectivity index (χ2n) is 20.3. The predicted octanol–water partition coefficient (Wildman–Crippen LogP) is 20.4. The normalized spacial score (nSPS) is 11.5. The molecule has 80 heavy (non-hydrogen) atoms. The summed E-state index contributed by atoms with van der Waals surface area (Å²) in [6, 6.07) is 111. The molecule has 5 nitrogen and oxygen atoms in total. The standard InChI is InChI=1S/C75H51N5/c1-6-20-57(21-7-1)77(58-22-8-2-9-23-58)62-42-34-52(35-43-62)55-40-48-71-69(50-55)70-51-56(53-36-44-63(45-37-53)78(59-24-10-3-11-25-59)60-26-12-4-13-27-60)41-49-72(70)79(71)64-46-38-54(39-47-64)75-76-73-67-32-18-16-30-65(67)66-31-17-19-33-68(66)74(73)80(75)61-28-14-5-15-29-61/h1-51H. The van der Waals surface area contributed by atoms with Crippen molar-refractivity contribution in [3.8, 4) is 45.0 Å². The Labute approximate surface area is 464 Å². The summed E-state index contributed by atoms with van der Waals surface area (Å²) in [6.45, 7) is 0. The summed E-state index contributed by atoms with van der Waals surface area (Å²) in [4.78, 5) is 10.2. The molecule has 0 bridgehead atoms. The molecule has 5 heteroatoms. The van der Waals surface area contributed by atoms with E-state index in [4.69, 9.17) is 4.98 Å². The maximum atomic E-state index is 5.55. The maximum absolute atomic E-state index is 5.55. The minimum atomic E-state index is 0.902. The van der Waals surface area contributed by atoms with Crippen LogP contribution in [0.3, 0.4) is 0 Å². The monoisotopic (exact) mass is 1020 g/mol. The zero-order valence-electron chi connectivity index (χ0n) is 43.7. The quantitative estimate of drug-likeness (QED) is 0.121. The van der Waals surface area contributed by atoms with Crippen LogP contribution in [-0.4, -0.2) is 14.1 Å². The van der Waals surface area contributed by atoms with Gasteiger partial charge in [-0.25, -0.2) is 4.98 Å². The molecule has 0 aliphatic carbocycles. The first-order chi connectivity index (χ1) is 39.7. The highest BCUT2D eigenvalue weighted by Gasteiger charge is 2.22. The van der Waals surface area contributed by atoms with Crippen molar-refractivity contribution in [2.24, 2.45) is 0 Å². The van der Waals surface area contributed by atoms with Crippen LogP contribution in [-0.2, 0) is 0 Å². The van der Waals surface area contributed by atoms with Crippen molar-refractivity contribution in [1.29, 1.82) is 0 Å². The number of hydrogen-bond donors (Lipinski definition) is 0. The van der Waals surface area contributed by atoms with Crippen LogP contribution in [0.4, 0.5) is 34.1 Å². The Balaban J connectivity index is 0.864. The van der Waals surface area contributed by atoms with Gasteiger partial charge in [-0.1, -0.05) is 176 Å². The molecular weight excluding hydrogens is 971 g/mol. The molecule has 15 aromatic rings. The van der Waals surface area contributed by atoms with Gasteiger partial charge < -0.3 is 14.4 Å². The van der Waals surface area contributed by atoms with Crippen LogP contribution in [0.5, 0.6) is 0 Å². The molecule has 0 unspecified atom stereocenters. The third-order valence-electron chi connectivity index (χ3n) is 15.7. The number of benzene rings is 13. The number of para-hydroxylation sites is 5. The number of rotatable bonds is 11. The number of hydrogen-bond acceptors (Lipinski definition) is 3. The van der Waals surface area contributed by atoms with Crippen LogP contribution in [0, 0.1) is 0 Å². The van der Waals surface area contributed by atoms with Crippen LogP contribution in [0.15, 0.2) is 309 Å². The van der Waals surface area contributed by atoms with Crippen LogP contribution in [0.25, 0.3) is 99.4 Å². The molecule has 0 saturated carbocycles. The minimum Gasteiger partial charge on any atom is -0.311 e. The highest BCUT2D eigenvalue weighted by molar-refractivity contribution is 6.24. The van der Waals surface area contributed by atoms with E-state index in [0.29, 0.717) is 0 Å². The van der Waals surface area contributed by atoms with Crippen LogP contribution >= 0.6 is 0 Å². The number of fused-ring (bicyclic) bond motifs is 9. The summed E-state index contributed by atoms with van der Waals surface area (Å²) in [7, 11) is 0. The predicted molar refractivity (Wildman–Crippen MR) is 336 cm³/mol.